The van der Waals surface area contributed by atoms with Gasteiger partial charge in [0.2, 0.25) is 0 Å². The molecule has 2 aliphatic heterocycles. The molecular weight excluding hydrogens is 467 g/mol. The van der Waals surface area contributed by atoms with Crippen molar-refractivity contribution in [2.75, 3.05) is 47.0 Å². The van der Waals surface area contributed by atoms with Crippen LogP contribution in [0.2, 0.25) is 0 Å². The zero-order valence-electron chi connectivity index (χ0n) is 15.4. The minimum Gasteiger partial charge on any atom is -0.493 e. The number of fused-ring (bicyclic) bond motifs is 3. The van der Waals surface area contributed by atoms with Crippen LogP contribution in [-0.4, -0.2) is 62.2 Å². The third-order valence-electron chi connectivity index (χ3n) is 5.26. The van der Waals surface area contributed by atoms with Crippen LogP contribution in [0.4, 0.5) is 0 Å². The first kappa shape index (κ1) is 20.0. The molecule has 8 heteroatoms. The predicted octanol–water partition coefficient (Wildman–Crippen LogP) is 3.02. The summed E-state index contributed by atoms with van der Waals surface area (Å²) < 4.78 is 18.7. The molecule has 1 aromatic rings. The van der Waals surface area contributed by atoms with E-state index in [1.54, 1.807) is 23.3 Å². The molecule has 1 saturated heterocycles. The van der Waals surface area contributed by atoms with Gasteiger partial charge >= 0.3 is 5.97 Å². The van der Waals surface area contributed by atoms with Gasteiger partial charge in [0.25, 0.3) is 0 Å². The number of benzene rings is 1. The Morgan fingerprint density at radius 1 is 1.23 bits per heavy atom. The van der Waals surface area contributed by atoms with Crippen molar-refractivity contribution in [1.29, 1.82) is 0 Å². The molecular formula is C18H25IN2O4S. The monoisotopic (exact) mass is 492 g/mol. The Labute approximate surface area is 171 Å². The zero-order valence-corrected chi connectivity index (χ0v) is 18.4. The maximum absolute atomic E-state index is 12.5. The minimum absolute atomic E-state index is 0.152. The van der Waals surface area contributed by atoms with Gasteiger partial charge in [0.1, 0.15) is 0 Å². The number of hydrogen-bond acceptors (Lipinski definition) is 7. The van der Waals surface area contributed by atoms with E-state index in [4.69, 9.17) is 14.2 Å². The summed E-state index contributed by atoms with van der Waals surface area (Å²) >= 11 is 2.32. The SMILES string of the molecule is CCOC(=O)CC12CN(SI)CCN1CCc1cc(OC)c(OC)cc12. The van der Waals surface area contributed by atoms with Crippen molar-refractivity contribution in [1.82, 2.24) is 9.21 Å². The van der Waals surface area contributed by atoms with Crippen LogP contribution >= 0.6 is 30.3 Å². The van der Waals surface area contributed by atoms with Crippen LogP contribution in [0.15, 0.2) is 12.1 Å². The molecule has 0 bridgehead atoms. The van der Waals surface area contributed by atoms with Gasteiger partial charge in [-0.05, 0) is 45.7 Å². The molecule has 0 aromatic heterocycles. The standard InChI is InChI=1S/C18H25IN2O4S/c1-4-25-17(22)11-18-12-21(26-19)8-7-20(18)6-5-13-9-15(23-2)16(24-3)10-14(13)18/h9-10H,4-8,11-12H2,1-3H3. The van der Waals surface area contributed by atoms with Gasteiger partial charge in [0.15, 0.2) is 11.5 Å². The molecule has 2 aliphatic rings. The lowest BCUT2D eigenvalue weighted by atomic mass is 9.76. The summed E-state index contributed by atoms with van der Waals surface area (Å²) in [6, 6.07) is 4.12. The second-order valence-electron chi connectivity index (χ2n) is 6.55. The van der Waals surface area contributed by atoms with Gasteiger partial charge in [-0.25, -0.2) is 4.31 Å². The molecule has 2 heterocycles. The normalized spacial score (nSPS) is 23.1. The largest absolute Gasteiger partial charge is 0.493 e. The van der Waals surface area contributed by atoms with E-state index in [0.29, 0.717) is 18.8 Å². The molecule has 1 atom stereocenters. The third kappa shape index (κ3) is 3.65. The second kappa shape index (κ2) is 8.53. The minimum atomic E-state index is -0.393. The number of carbonyl (C=O) groups excluding carboxylic acids is 1. The molecule has 0 amide bonds. The van der Waals surface area contributed by atoms with Gasteiger partial charge in [-0.15, -0.1) is 0 Å². The number of carbonyl (C=O) groups is 1. The molecule has 26 heavy (non-hydrogen) atoms. The van der Waals surface area contributed by atoms with Gasteiger partial charge in [-0.3, -0.25) is 9.69 Å². The summed E-state index contributed by atoms with van der Waals surface area (Å²) in [7, 11) is 5.01. The summed E-state index contributed by atoms with van der Waals surface area (Å²) in [6.45, 7) is 5.88. The van der Waals surface area contributed by atoms with Crippen LogP contribution in [0.1, 0.15) is 24.5 Å². The van der Waals surface area contributed by atoms with Crippen LogP contribution in [0, 0.1) is 0 Å². The molecule has 144 valence electrons. The summed E-state index contributed by atoms with van der Waals surface area (Å²) in [4.78, 5) is 15.0. The molecule has 0 saturated carbocycles. The second-order valence-corrected chi connectivity index (χ2v) is 8.38. The number of esters is 1. The number of halogens is 1. The maximum atomic E-state index is 12.5. The highest BCUT2D eigenvalue weighted by Crippen LogP contribution is 2.46. The topological polar surface area (TPSA) is 51.2 Å². The van der Waals surface area contributed by atoms with E-state index in [1.807, 2.05) is 6.92 Å². The van der Waals surface area contributed by atoms with Crippen molar-refractivity contribution in [2.24, 2.45) is 0 Å². The van der Waals surface area contributed by atoms with Gasteiger partial charge in [0.05, 0.1) is 32.8 Å². The van der Waals surface area contributed by atoms with E-state index in [0.717, 1.165) is 43.9 Å². The molecule has 1 fully saturated rings. The van der Waals surface area contributed by atoms with Crippen LogP contribution < -0.4 is 9.47 Å². The van der Waals surface area contributed by atoms with Crippen molar-refractivity contribution in [2.45, 2.75) is 25.3 Å². The quantitative estimate of drug-likeness (QED) is 0.344. The average molecular weight is 492 g/mol. The Morgan fingerprint density at radius 3 is 2.62 bits per heavy atom. The van der Waals surface area contributed by atoms with Gasteiger partial charge < -0.3 is 14.2 Å². The van der Waals surface area contributed by atoms with E-state index in [2.05, 4.69) is 42.5 Å². The van der Waals surface area contributed by atoms with Gasteiger partial charge in [-0.2, -0.15) is 0 Å². The van der Waals surface area contributed by atoms with Crippen molar-refractivity contribution < 1.29 is 19.0 Å². The number of hydrogen-bond donors (Lipinski definition) is 0. The van der Waals surface area contributed by atoms with Crippen molar-refractivity contribution in [3.8, 4) is 11.5 Å². The Hall–Kier alpha value is -0.710. The fourth-order valence-electron chi connectivity index (χ4n) is 4.09. The number of methoxy groups -OCH3 is 2. The Kier molecular flexibility index (Phi) is 6.58. The highest BCUT2D eigenvalue weighted by atomic mass is 127. The van der Waals surface area contributed by atoms with Crippen LogP contribution in [0.25, 0.3) is 0 Å². The number of nitrogens with zero attached hydrogens (tertiary/aromatic N) is 2. The molecule has 0 N–H and O–H groups in total. The molecule has 0 radical (unpaired) electrons. The first-order valence-electron chi connectivity index (χ1n) is 8.77. The summed E-state index contributed by atoms with van der Waals surface area (Å²) in [5, 5.41) is 0. The molecule has 1 aromatic carbocycles. The van der Waals surface area contributed by atoms with E-state index in [1.165, 1.54) is 5.56 Å². The van der Waals surface area contributed by atoms with Gasteiger partial charge in [0, 0.05) is 47.4 Å². The molecule has 3 rings (SSSR count). The third-order valence-corrected chi connectivity index (χ3v) is 7.44. The first-order chi connectivity index (χ1) is 12.6. The van der Waals surface area contributed by atoms with Crippen molar-refractivity contribution >= 4 is 36.3 Å². The highest BCUT2D eigenvalue weighted by molar-refractivity contribution is 14.2. The fourth-order valence-corrected chi connectivity index (χ4v) is 5.51. The maximum Gasteiger partial charge on any atom is 0.308 e. The molecule has 1 unspecified atom stereocenters. The van der Waals surface area contributed by atoms with E-state index >= 15 is 0 Å². The van der Waals surface area contributed by atoms with Crippen LogP contribution in [-0.2, 0) is 21.5 Å². The Bertz CT molecular complexity index is 675. The zero-order chi connectivity index (χ0) is 18.7. The van der Waals surface area contributed by atoms with Crippen LogP contribution in [0.3, 0.4) is 0 Å². The first-order valence-corrected chi connectivity index (χ1v) is 12.1. The highest BCUT2D eigenvalue weighted by Gasteiger charge is 2.48. The summed E-state index contributed by atoms with van der Waals surface area (Å²) in [5.74, 6) is 1.29. The number of piperazine rings is 1. The van der Waals surface area contributed by atoms with Crippen molar-refractivity contribution in [3.05, 3.63) is 23.3 Å². The number of rotatable bonds is 6. The summed E-state index contributed by atoms with van der Waals surface area (Å²) in [5.41, 5.74) is 1.99. The Balaban J connectivity index is 2.10. The average Bonchev–Trinajstić information content (AvgIpc) is 2.66. The van der Waals surface area contributed by atoms with Crippen LogP contribution in [0.5, 0.6) is 11.5 Å². The molecule has 0 aliphatic carbocycles. The lowest BCUT2D eigenvalue weighted by Gasteiger charge is -2.53. The van der Waals surface area contributed by atoms with E-state index in [9.17, 15) is 4.79 Å². The lowest BCUT2D eigenvalue weighted by Crippen LogP contribution is -2.61. The number of ether oxygens (including phenoxy) is 3. The lowest BCUT2D eigenvalue weighted by molar-refractivity contribution is -0.148. The van der Waals surface area contributed by atoms with Crippen molar-refractivity contribution in [3.63, 3.8) is 0 Å². The smallest absolute Gasteiger partial charge is 0.308 e. The van der Waals surface area contributed by atoms with Gasteiger partial charge in [-0.1, -0.05) is 0 Å². The predicted molar refractivity (Wildman–Crippen MR) is 111 cm³/mol. The molecule has 0 spiro atoms. The van der Waals surface area contributed by atoms with E-state index < -0.39 is 5.54 Å². The summed E-state index contributed by atoms with van der Waals surface area (Å²) in [6.07, 6.45) is 1.29. The van der Waals surface area contributed by atoms with E-state index in [-0.39, 0.29) is 5.97 Å². The fraction of sp³-hybridized carbons (Fsp3) is 0.611. The molecule has 6 nitrogen and oxygen atoms in total. The Morgan fingerprint density at radius 2 is 1.96 bits per heavy atom.